The Morgan fingerprint density at radius 1 is 0.969 bits per heavy atom. The number of rotatable bonds is 7. The van der Waals surface area contributed by atoms with Crippen LogP contribution in [0.1, 0.15) is 17.5 Å². The first-order valence-corrected chi connectivity index (χ1v) is 12.3. The monoisotopic (exact) mass is 451 g/mol. The molecular weight excluding hydrogens is 422 g/mol. The van der Waals surface area contributed by atoms with Gasteiger partial charge >= 0.3 is 0 Å². The van der Waals surface area contributed by atoms with Crippen molar-refractivity contribution >= 4 is 35.2 Å². The zero-order chi connectivity index (χ0) is 22.3. The van der Waals surface area contributed by atoms with Crippen molar-refractivity contribution in [3.05, 3.63) is 65.7 Å². The van der Waals surface area contributed by atoms with Gasteiger partial charge in [-0.05, 0) is 29.7 Å². The van der Waals surface area contributed by atoms with Crippen molar-refractivity contribution in [3.63, 3.8) is 0 Å². The maximum atomic E-state index is 12.7. The van der Waals surface area contributed by atoms with Crippen LogP contribution in [0.5, 0.6) is 0 Å². The molecule has 0 bridgehead atoms. The fraction of sp³-hybridized carbons (Fsp3) is 0.400. The third-order valence-corrected chi connectivity index (χ3v) is 6.98. The molecule has 7 heteroatoms. The SMILES string of the molecule is O=C(Nc1ccc(CC(=O)N2CCSCC2)cc1)C1CC(=O)N(CCc2ccccc2)C1. The summed E-state index contributed by atoms with van der Waals surface area (Å²) in [6.07, 6.45) is 1.42. The quantitative estimate of drug-likeness (QED) is 0.703. The number of carbonyl (C=O) groups excluding carboxylic acids is 3. The highest BCUT2D eigenvalue weighted by Crippen LogP contribution is 2.21. The second-order valence-electron chi connectivity index (χ2n) is 8.33. The van der Waals surface area contributed by atoms with Gasteiger partial charge in [0.15, 0.2) is 0 Å². The van der Waals surface area contributed by atoms with E-state index in [-0.39, 0.29) is 30.1 Å². The molecule has 1 unspecified atom stereocenters. The Kier molecular flexibility index (Phi) is 7.47. The number of anilines is 1. The standard InChI is InChI=1S/C25H29N3O3S/c29-23(27-12-14-32-15-13-27)16-20-6-8-22(9-7-20)26-25(31)21-17-24(30)28(18-21)11-10-19-4-2-1-3-5-19/h1-9,21H,10-18H2,(H,26,31). The van der Waals surface area contributed by atoms with Gasteiger partial charge in [0.05, 0.1) is 12.3 Å². The molecule has 3 amide bonds. The molecule has 0 saturated carbocycles. The summed E-state index contributed by atoms with van der Waals surface area (Å²) in [4.78, 5) is 41.2. The molecule has 1 N–H and O–H groups in total. The lowest BCUT2D eigenvalue weighted by molar-refractivity contribution is -0.130. The lowest BCUT2D eigenvalue weighted by Crippen LogP contribution is -2.38. The maximum Gasteiger partial charge on any atom is 0.229 e. The van der Waals surface area contributed by atoms with Crippen LogP contribution in [0.2, 0.25) is 0 Å². The Balaban J connectivity index is 1.25. The van der Waals surface area contributed by atoms with Crippen molar-refractivity contribution in [1.29, 1.82) is 0 Å². The zero-order valence-corrected chi connectivity index (χ0v) is 19.0. The Bertz CT molecular complexity index is 943. The van der Waals surface area contributed by atoms with Gasteiger partial charge in [0, 0.05) is 49.8 Å². The average Bonchev–Trinajstić information content (AvgIpc) is 3.21. The van der Waals surface area contributed by atoms with Gasteiger partial charge in [-0.2, -0.15) is 11.8 Å². The molecule has 2 aromatic rings. The van der Waals surface area contributed by atoms with Crippen LogP contribution in [0, 0.1) is 5.92 Å². The van der Waals surface area contributed by atoms with Crippen LogP contribution < -0.4 is 5.32 Å². The number of hydrogen-bond acceptors (Lipinski definition) is 4. The van der Waals surface area contributed by atoms with Crippen molar-refractivity contribution < 1.29 is 14.4 Å². The van der Waals surface area contributed by atoms with Crippen LogP contribution in [-0.2, 0) is 27.2 Å². The van der Waals surface area contributed by atoms with Crippen molar-refractivity contribution in [1.82, 2.24) is 9.80 Å². The minimum Gasteiger partial charge on any atom is -0.342 e. The number of nitrogens with one attached hydrogen (secondary N) is 1. The zero-order valence-electron chi connectivity index (χ0n) is 18.2. The molecule has 2 saturated heterocycles. The minimum absolute atomic E-state index is 0.0334. The number of amides is 3. The summed E-state index contributed by atoms with van der Waals surface area (Å²) in [7, 11) is 0. The third-order valence-electron chi connectivity index (χ3n) is 6.04. The summed E-state index contributed by atoms with van der Waals surface area (Å²) in [5.74, 6) is 1.73. The van der Waals surface area contributed by atoms with Gasteiger partial charge in [-0.15, -0.1) is 0 Å². The summed E-state index contributed by atoms with van der Waals surface area (Å²) in [5.41, 5.74) is 2.82. The van der Waals surface area contributed by atoms with E-state index in [9.17, 15) is 14.4 Å². The Labute approximate surface area is 193 Å². The largest absolute Gasteiger partial charge is 0.342 e. The molecule has 0 aromatic heterocycles. The molecule has 2 aromatic carbocycles. The third kappa shape index (κ3) is 5.91. The Hall–Kier alpha value is -2.80. The number of thioether (sulfide) groups is 1. The molecule has 6 nitrogen and oxygen atoms in total. The molecular formula is C25H29N3O3S. The predicted molar refractivity (Wildman–Crippen MR) is 128 cm³/mol. The summed E-state index contributed by atoms with van der Waals surface area (Å²) < 4.78 is 0. The lowest BCUT2D eigenvalue weighted by Gasteiger charge is -2.26. The number of nitrogens with zero attached hydrogens (tertiary/aromatic N) is 2. The van der Waals surface area contributed by atoms with E-state index in [1.807, 2.05) is 71.3 Å². The van der Waals surface area contributed by atoms with Crippen LogP contribution >= 0.6 is 11.8 Å². The summed E-state index contributed by atoms with van der Waals surface area (Å²) in [6.45, 7) is 2.73. The van der Waals surface area contributed by atoms with Crippen molar-refractivity contribution in [2.24, 2.45) is 5.92 Å². The molecule has 1 atom stereocenters. The van der Waals surface area contributed by atoms with Crippen LogP contribution in [0.4, 0.5) is 5.69 Å². The normalized spacial score (nSPS) is 18.6. The van der Waals surface area contributed by atoms with Gasteiger partial charge in [-0.25, -0.2) is 0 Å². The fourth-order valence-corrected chi connectivity index (χ4v) is 5.03. The first-order valence-electron chi connectivity index (χ1n) is 11.2. The number of hydrogen-bond donors (Lipinski definition) is 1. The molecule has 0 spiro atoms. The molecule has 0 aliphatic carbocycles. The first kappa shape index (κ1) is 22.4. The van der Waals surface area contributed by atoms with Crippen LogP contribution in [0.25, 0.3) is 0 Å². The van der Waals surface area contributed by atoms with E-state index in [0.717, 1.165) is 36.6 Å². The highest BCUT2D eigenvalue weighted by molar-refractivity contribution is 7.99. The number of carbonyl (C=O) groups is 3. The molecule has 2 heterocycles. The second-order valence-corrected chi connectivity index (χ2v) is 9.56. The van der Waals surface area contributed by atoms with E-state index in [1.54, 1.807) is 4.90 Å². The molecule has 4 rings (SSSR count). The van der Waals surface area contributed by atoms with Crippen molar-refractivity contribution in [2.75, 3.05) is 43.0 Å². The van der Waals surface area contributed by atoms with Gasteiger partial charge in [0.2, 0.25) is 17.7 Å². The molecule has 2 aliphatic rings. The van der Waals surface area contributed by atoms with Gasteiger partial charge < -0.3 is 15.1 Å². The van der Waals surface area contributed by atoms with E-state index in [4.69, 9.17) is 0 Å². The molecule has 2 fully saturated rings. The van der Waals surface area contributed by atoms with E-state index in [1.165, 1.54) is 5.56 Å². The first-order chi connectivity index (χ1) is 15.6. The lowest BCUT2D eigenvalue weighted by atomic mass is 10.1. The van der Waals surface area contributed by atoms with Crippen LogP contribution in [0.3, 0.4) is 0 Å². The Morgan fingerprint density at radius 2 is 1.69 bits per heavy atom. The van der Waals surface area contributed by atoms with Crippen molar-refractivity contribution in [3.8, 4) is 0 Å². The fourth-order valence-electron chi connectivity index (χ4n) is 4.12. The molecule has 0 radical (unpaired) electrons. The summed E-state index contributed by atoms with van der Waals surface area (Å²) in [5, 5.41) is 2.93. The molecule has 32 heavy (non-hydrogen) atoms. The summed E-state index contributed by atoms with van der Waals surface area (Å²) in [6, 6.07) is 17.5. The second kappa shape index (κ2) is 10.7. The van der Waals surface area contributed by atoms with Gasteiger partial charge in [0.25, 0.3) is 0 Å². The smallest absolute Gasteiger partial charge is 0.229 e. The molecule has 168 valence electrons. The average molecular weight is 452 g/mol. The topological polar surface area (TPSA) is 69.7 Å². The predicted octanol–water partition coefficient (Wildman–Crippen LogP) is 2.83. The highest BCUT2D eigenvalue weighted by Gasteiger charge is 2.34. The maximum absolute atomic E-state index is 12.7. The van der Waals surface area contributed by atoms with Gasteiger partial charge in [-0.3, -0.25) is 14.4 Å². The Morgan fingerprint density at radius 3 is 2.41 bits per heavy atom. The van der Waals surface area contributed by atoms with Crippen LogP contribution in [0.15, 0.2) is 54.6 Å². The summed E-state index contributed by atoms with van der Waals surface area (Å²) >= 11 is 1.88. The molecule has 2 aliphatic heterocycles. The van der Waals surface area contributed by atoms with E-state index < -0.39 is 0 Å². The van der Waals surface area contributed by atoms with Crippen molar-refractivity contribution in [2.45, 2.75) is 19.3 Å². The number of benzene rings is 2. The number of likely N-dealkylation sites (tertiary alicyclic amines) is 1. The van der Waals surface area contributed by atoms with E-state index in [2.05, 4.69) is 5.32 Å². The van der Waals surface area contributed by atoms with E-state index >= 15 is 0 Å². The minimum atomic E-state index is -0.337. The van der Waals surface area contributed by atoms with Gasteiger partial charge in [0.1, 0.15) is 0 Å². The highest BCUT2D eigenvalue weighted by atomic mass is 32.2. The van der Waals surface area contributed by atoms with Gasteiger partial charge in [-0.1, -0.05) is 42.5 Å². The van der Waals surface area contributed by atoms with Crippen LogP contribution in [-0.4, -0.2) is 65.2 Å². The van der Waals surface area contributed by atoms with E-state index in [0.29, 0.717) is 25.2 Å².